The third-order valence-corrected chi connectivity index (χ3v) is 4.07. The molecule has 1 aromatic rings. The van der Waals surface area contributed by atoms with Crippen molar-refractivity contribution in [2.45, 2.75) is 52.0 Å². The number of rotatable bonds is 6. The first kappa shape index (κ1) is 14.0. The Balaban J connectivity index is 2.59. The van der Waals surface area contributed by atoms with Gasteiger partial charge in [0.1, 0.15) is 0 Å². The molecule has 5 heteroatoms. The normalized spacial score (nSPS) is 11.5. The first-order valence-corrected chi connectivity index (χ1v) is 6.94. The van der Waals surface area contributed by atoms with Crippen molar-refractivity contribution in [2.24, 2.45) is 0 Å². The number of carbonyl (C=O) groups is 1. The maximum atomic E-state index is 11.9. The summed E-state index contributed by atoms with van der Waals surface area (Å²) in [6.07, 6.45) is 3.16. The molecule has 0 atom stereocenters. The Morgan fingerprint density at radius 2 is 2.00 bits per heavy atom. The average molecular weight is 255 g/mol. The highest BCUT2D eigenvalue weighted by molar-refractivity contribution is 7.13. The quantitative estimate of drug-likeness (QED) is 0.820. The fourth-order valence-corrected chi connectivity index (χ4v) is 2.49. The van der Waals surface area contributed by atoms with Gasteiger partial charge in [-0.25, -0.2) is 4.98 Å². The number of nitrogens with two attached hydrogens (primary N) is 1. The minimum Gasteiger partial charge on any atom is -0.375 e. The predicted octanol–water partition coefficient (Wildman–Crippen LogP) is 2.35. The molecule has 1 rings (SSSR count). The van der Waals surface area contributed by atoms with Gasteiger partial charge in [0, 0.05) is 10.9 Å². The van der Waals surface area contributed by atoms with Crippen molar-refractivity contribution < 1.29 is 4.79 Å². The van der Waals surface area contributed by atoms with Crippen LogP contribution in [0.1, 0.15) is 45.7 Å². The predicted molar refractivity (Wildman–Crippen MR) is 72.0 cm³/mol. The number of carbonyl (C=O) groups excluding carboxylic acids is 1. The van der Waals surface area contributed by atoms with Crippen LogP contribution < -0.4 is 11.1 Å². The van der Waals surface area contributed by atoms with Crippen LogP contribution in [0.4, 0.5) is 5.13 Å². The molecular weight excluding hydrogens is 234 g/mol. The van der Waals surface area contributed by atoms with Gasteiger partial charge in [0.05, 0.1) is 12.1 Å². The van der Waals surface area contributed by atoms with Gasteiger partial charge < -0.3 is 11.1 Å². The molecule has 0 saturated heterocycles. The van der Waals surface area contributed by atoms with E-state index in [1.165, 1.54) is 11.3 Å². The van der Waals surface area contributed by atoms with Crippen LogP contribution in [0, 0.1) is 0 Å². The minimum absolute atomic E-state index is 0.0286. The molecule has 0 aliphatic rings. The zero-order valence-electron chi connectivity index (χ0n) is 10.7. The number of anilines is 1. The molecule has 0 saturated carbocycles. The molecule has 1 amide bonds. The van der Waals surface area contributed by atoms with E-state index in [9.17, 15) is 4.79 Å². The molecule has 0 bridgehead atoms. The third kappa shape index (κ3) is 3.70. The molecule has 0 aliphatic carbocycles. The standard InChI is InChI=1S/C12H21N3OS/c1-4-12(5-2,6-3)15-10(16)7-9-8-17-11(13)14-9/h8H,4-7H2,1-3H3,(H2,13,14)(H,15,16). The molecule has 96 valence electrons. The molecule has 4 nitrogen and oxygen atoms in total. The highest BCUT2D eigenvalue weighted by Gasteiger charge is 2.25. The summed E-state index contributed by atoms with van der Waals surface area (Å²) in [5, 5.41) is 5.47. The molecule has 0 fully saturated rings. The number of nitrogen functional groups attached to an aromatic ring is 1. The second kappa shape index (κ2) is 6.00. The van der Waals surface area contributed by atoms with Crippen molar-refractivity contribution >= 4 is 22.4 Å². The Bertz CT molecular complexity index is 363. The topological polar surface area (TPSA) is 68.0 Å². The van der Waals surface area contributed by atoms with E-state index in [4.69, 9.17) is 5.73 Å². The summed E-state index contributed by atoms with van der Waals surface area (Å²) >= 11 is 1.37. The van der Waals surface area contributed by atoms with Crippen LogP contribution in [-0.4, -0.2) is 16.4 Å². The van der Waals surface area contributed by atoms with Crippen molar-refractivity contribution in [3.63, 3.8) is 0 Å². The van der Waals surface area contributed by atoms with Crippen LogP contribution in [0.3, 0.4) is 0 Å². The van der Waals surface area contributed by atoms with Crippen LogP contribution in [-0.2, 0) is 11.2 Å². The van der Waals surface area contributed by atoms with Gasteiger partial charge in [-0.3, -0.25) is 4.79 Å². The second-order valence-electron chi connectivity index (χ2n) is 4.24. The minimum atomic E-state index is -0.0708. The van der Waals surface area contributed by atoms with Gasteiger partial charge in [0.15, 0.2) is 5.13 Å². The van der Waals surface area contributed by atoms with Gasteiger partial charge >= 0.3 is 0 Å². The fourth-order valence-electron chi connectivity index (χ4n) is 1.92. The number of thiazole rings is 1. The fraction of sp³-hybridized carbons (Fsp3) is 0.667. The largest absolute Gasteiger partial charge is 0.375 e. The summed E-state index contributed by atoms with van der Waals surface area (Å²) in [5.41, 5.74) is 6.22. The van der Waals surface area contributed by atoms with Crippen LogP contribution in [0.2, 0.25) is 0 Å². The van der Waals surface area contributed by atoms with Gasteiger partial charge in [-0.2, -0.15) is 0 Å². The molecule has 17 heavy (non-hydrogen) atoms. The van der Waals surface area contributed by atoms with Crippen LogP contribution in [0.5, 0.6) is 0 Å². The van der Waals surface area contributed by atoms with Crippen molar-refractivity contribution in [3.8, 4) is 0 Å². The summed E-state index contributed by atoms with van der Waals surface area (Å²) in [5.74, 6) is 0.0286. The number of hydrogen-bond donors (Lipinski definition) is 2. The van der Waals surface area contributed by atoms with Gasteiger partial charge in [-0.1, -0.05) is 20.8 Å². The van der Waals surface area contributed by atoms with Gasteiger partial charge in [-0.15, -0.1) is 11.3 Å². The number of aromatic nitrogens is 1. The molecular formula is C12H21N3OS. The van der Waals surface area contributed by atoms with Crippen molar-refractivity contribution in [1.82, 2.24) is 10.3 Å². The smallest absolute Gasteiger partial charge is 0.226 e. The van der Waals surface area contributed by atoms with E-state index in [2.05, 4.69) is 31.1 Å². The van der Waals surface area contributed by atoms with E-state index in [0.717, 1.165) is 25.0 Å². The monoisotopic (exact) mass is 255 g/mol. The maximum Gasteiger partial charge on any atom is 0.226 e. The Kier molecular flexibility index (Phi) is 4.93. The molecule has 0 aromatic carbocycles. The lowest BCUT2D eigenvalue weighted by Gasteiger charge is -2.31. The molecule has 0 aliphatic heterocycles. The number of hydrogen-bond acceptors (Lipinski definition) is 4. The molecule has 1 heterocycles. The zero-order chi connectivity index (χ0) is 12.9. The number of amides is 1. The van der Waals surface area contributed by atoms with Crippen molar-refractivity contribution in [2.75, 3.05) is 5.73 Å². The lowest BCUT2D eigenvalue weighted by Crippen LogP contribution is -2.47. The average Bonchev–Trinajstić information content (AvgIpc) is 2.72. The molecule has 0 spiro atoms. The Morgan fingerprint density at radius 3 is 2.41 bits per heavy atom. The summed E-state index contributed by atoms with van der Waals surface area (Å²) in [4.78, 5) is 16.0. The Hall–Kier alpha value is -1.10. The van der Waals surface area contributed by atoms with Gasteiger partial charge in [0.25, 0.3) is 0 Å². The zero-order valence-corrected chi connectivity index (χ0v) is 11.6. The van der Waals surface area contributed by atoms with Gasteiger partial charge in [-0.05, 0) is 19.3 Å². The molecule has 1 aromatic heterocycles. The Morgan fingerprint density at radius 1 is 1.41 bits per heavy atom. The van der Waals surface area contributed by atoms with Crippen LogP contribution in [0.15, 0.2) is 5.38 Å². The van der Waals surface area contributed by atoms with Crippen LogP contribution in [0.25, 0.3) is 0 Å². The highest BCUT2D eigenvalue weighted by Crippen LogP contribution is 2.19. The van der Waals surface area contributed by atoms with E-state index >= 15 is 0 Å². The molecule has 0 unspecified atom stereocenters. The molecule has 0 radical (unpaired) electrons. The van der Waals surface area contributed by atoms with E-state index in [-0.39, 0.29) is 11.4 Å². The summed E-state index contributed by atoms with van der Waals surface area (Å²) < 4.78 is 0. The first-order chi connectivity index (χ1) is 8.05. The van der Waals surface area contributed by atoms with E-state index < -0.39 is 0 Å². The summed E-state index contributed by atoms with van der Waals surface area (Å²) in [6.45, 7) is 6.32. The second-order valence-corrected chi connectivity index (χ2v) is 5.13. The lowest BCUT2D eigenvalue weighted by molar-refractivity contribution is -0.122. The van der Waals surface area contributed by atoms with Crippen molar-refractivity contribution in [1.29, 1.82) is 0 Å². The number of nitrogens with one attached hydrogen (secondary N) is 1. The third-order valence-electron chi connectivity index (χ3n) is 3.35. The maximum absolute atomic E-state index is 11.9. The summed E-state index contributed by atoms with van der Waals surface area (Å²) in [6, 6.07) is 0. The molecule has 3 N–H and O–H groups in total. The Labute approximate surface area is 107 Å². The van der Waals surface area contributed by atoms with E-state index in [0.29, 0.717) is 11.6 Å². The first-order valence-electron chi connectivity index (χ1n) is 6.06. The lowest BCUT2D eigenvalue weighted by atomic mass is 9.89. The van der Waals surface area contributed by atoms with Gasteiger partial charge in [0.2, 0.25) is 5.91 Å². The van der Waals surface area contributed by atoms with Crippen LogP contribution >= 0.6 is 11.3 Å². The SMILES string of the molecule is CCC(CC)(CC)NC(=O)Cc1csc(N)n1. The number of nitrogens with zero attached hydrogens (tertiary/aromatic N) is 1. The summed E-state index contributed by atoms with van der Waals surface area (Å²) in [7, 11) is 0. The van der Waals surface area contributed by atoms with E-state index in [1.807, 2.05) is 5.38 Å². The highest BCUT2D eigenvalue weighted by atomic mass is 32.1. The van der Waals surface area contributed by atoms with Crippen molar-refractivity contribution in [3.05, 3.63) is 11.1 Å². The van der Waals surface area contributed by atoms with E-state index in [1.54, 1.807) is 0 Å².